The van der Waals surface area contributed by atoms with E-state index in [1.165, 1.54) is 28.0 Å². The second-order valence-corrected chi connectivity index (χ2v) is 12.2. The molecule has 2 aromatic heterocycles. The molecule has 0 radical (unpaired) electrons. The molecule has 2 aliphatic rings. The fraction of sp³-hybridized carbons (Fsp3) is 0.121. The minimum Gasteiger partial charge on any atom is -0.457 e. The predicted molar refractivity (Wildman–Crippen MR) is 171 cm³/mol. The molecule has 0 bridgehead atoms. The average molecular weight is 659 g/mol. The molecule has 9 nitrogen and oxygen atoms in total. The molecule has 0 saturated carbocycles. The van der Waals surface area contributed by atoms with Crippen LogP contribution < -0.4 is 15.2 Å². The fourth-order valence-corrected chi connectivity index (χ4v) is 7.34. The van der Waals surface area contributed by atoms with Gasteiger partial charge >= 0.3 is 5.97 Å². The van der Waals surface area contributed by atoms with Crippen LogP contribution in [-0.2, 0) is 21.6 Å². The van der Waals surface area contributed by atoms with E-state index in [9.17, 15) is 14.4 Å². The largest absolute Gasteiger partial charge is 0.457 e. The van der Waals surface area contributed by atoms with Gasteiger partial charge in [-0.3, -0.25) is 19.3 Å². The highest BCUT2D eigenvalue weighted by Gasteiger charge is 2.66. The summed E-state index contributed by atoms with van der Waals surface area (Å²) in [6.07, 6.45) is 1.43. The van der Waals surface area contributed by atoms with Gasteiger partial charge in [-0.05, 0) is 42.8 Å². The lowest BCUT2D eigenvalue weighted by Crippen LogP contribution is -2.53. The SMILES string of the molecule is C=CCOC(=O)c1sc(N2C(=O)c3oc4ccc(Cl)cc4c(=O)c3C23C(=O)N(Cc2ccccc2Cl)c2ccccc23)nc1C. The third-order valence-electron chi connectivity index (χ3n) is 7.87. The predicted octanol–water partition coefficient (Wildman–Crippen LogP) is 6.66. The van der Waals surface area contributed by atoms with E-state index in [1.54, 1.807) is 61.5 Å². The van der Waals surface area contributed by atoms with Crippen molar-refractivity contribution >= 4 is 74.1 Å². The third-order valence-corrected chi connectivity index (χ3v) is 9.59. The first-order valence-electron chi connectivity index (χ1n) is 13.7. The molecule has 224 valence electrons. The number of ether oxygens (including phenoxy) is 1. The number of carbonyl (C=O) groups is 3. The first-order valence-corrected chi connectivity index (χ1v) is 15.3. The molecule has 7 rings (SSSR count). The van der Waals surface area contributed by atoms with Crippen molar-refractivity contribution in [1.82, 2.24) is 4.98 Å². The number of fused-ring (bicyclic) bond motifs is 5. The number of hydrogen-bond acceptors (Lipinski definition) is 8. The Bertz CT molecular complexity index is 2180. The molecular weight excluding hydrogens is 637 g/mol. The van der Waals surface area contributed by atoms with Crippen LogP contribution in [0.25, 0.3) is 11.0 Å². The number of anilines is 2. The van der Waals surface area contributed by atoms with E-state index in [4.69, 9.17) is 32.4 Å². The maximum absolute atomic E-state index is 15.1. The highest BCUT2D eigenvalue weighted by atomic mass is 35.5. The lowest BCUT2D eigenvalue weighted by atomic mass is 9.84. The number of benzene rings is 3. The van der Waals surface area contributed by atoms with Crippen molar-refractivity contribution in [3.8, 4) is 0 Å². The van der Waals surface area contributed by atoms with Gasteiger partial charge in [-0.25, -0.2) is 9.78 Å². The zero-order chi connectivity index (χ0) is 31.6. The zero-order valence-corrected chi connectivity index (χ0v) is 25.8. The lowest BCUT2D eigenvalue weighted by molar-refractivity contribution is -0.121. The van der Waals surface area contributed by atoms with E-state index in [2.05, 4.69) is 11.6 Å². The zero-order valence-electron chi connectivity index (χ0n) is 23.5. The first kappa shape index (κ1) is 29.0. The summed E-state index contributed by atoms with van der Waals surface area (Å²) in [4.78, 5) is 64.2. The fourth-order valence-electron chi connectivity index (χ4n) is 5.96. The smallest absolute Gasteiger partial charge is 0.350 e. The number of halogens is 2. The Morgan fingerprint density at radius 1 is 1.09 bits per heavy atom. The number of aryl methyl sites for hydroxylation is 1. The number of rotatable bonds is 6. The molecule has 3 aromatic carbocycles. The number of para-hydroxylation sites is 1. The van der Waals surface area contributed by atoms with Crippen LogP contribution >= 0.6 is 34.5 Å². The quantitative estimate of drug-likeness (QED) is 0.148. The first-order chi connectivity index (χ1) is 21.7. The maximum Gasteiger partial charge on any atom is 0.350 e. The van der Waals surface area contributed by atoms with Crippen molar-refractivity contribution in [2.75, 3.05) is 16.4 Å². The van der Waals surface area contributed by atoms with Crippen LogP contribution in [0.4, 0.5) is 10.8 Å². The van der Waals surface area contributed by atoms with Crippen molar-refractivity contribution in [3.63, 3.8) is 0 Å². The molecular formula is C33H21Cl2N3O6S. The Morgan fingerprint density at radius 3 is 2.62 bits per heavy atom. The molecule has 5 aromatic rings. The van der Waals surface area contributed by atoms with Gasteiger partial charge in [-0.2, -0.15) is 0 Å². The number of carbonyl (C=O) groups excluding carboxylic acids is 3. The van der Waals surface area contributed by atoms with Crippen LogP contribution in [0.5, 0.6) is 0 Å². The second kappa shape index (κ2) is 10.7. The number of hydrogen-bond donors (Lipinski definition) is 0. The summed E-state index contributed by atoms with van der Waals surface area (Å²) in [5.74, 6) is -2.32. The molecule has 0 aliphatic carbocycles. The Morgan fingerprint density at radius 2 is 1.84 bits per heavy atom. The Kier molecular flexibility index (Phi) is 6.88. The van der Waals surface area contributed by atoms with Gasteiger partial charge in [0.1, 0.15) is 17.1 Å². The molecule has 2 amide bonds. The summed E-state index contributed by atoms with van der Waals surface area (Å²) in [6, 6.07) is 18.5. The molecule has 0 fully saturated rings. The van der Waals surface area contributed by atoms with Gasteiger partial charge in [0.15, 0.2) is 16.1 Å². The van der Waals surface area contributed by atoms with Gasteiger partial charge in [-0.15, -0.1) is 0 Å². The standard InChI is InChI=1S/C33H21Cl2N3O6S/c1-3-14-43-30(41)28-17(2)36-32(45-28)38-29(40)27-25(26(39)20-15-19(34)12-13-24(20)44-27)33(38)21-9-5-7-11-23(21)37(31(33)42)16-18-8-4-6-10-22(18)35/h3-13,15H,1,14,16H2,2H3. The van der Waals surface area contributed by atoms with Crippen LogP contribution in [0, 0.1) is 6.92 Å². The van der Waals surface area contributed by atoms with Crippen molar-refractivity contribution in [2.24, 2.45) is 0 Å². The molecule has 0 saturated heterocycles. The van der Waals surface area contributed by atoms with Crippen molar-refractivity contribution in [3.05, 3.63) is 133 Å². The monoisotopic (exact) mass is 657 g/mol. The van der Waals surface area contributed by atoms with Gasteiger partial charge in [-0.1, -0.05) is 83.6 Å². The van der Waals surface area contributed by atoms with Gasteiger partial charge in [0, 0.05) is 15.6 Å². The summed E-state index contributed by atoms with van der Waals surface area (Å²) in [5.41, 5.74) is -0.867. The Hall–Kier alpha value is -4.77. The third kappa shape index (κ3) is 4.17. The summed E-state index contributed by atoms with van der Waals surface area (Å²) in [6.45, 7) is 5.18. The van der Waals surface area contributed by atoms with Gasteiger partial charge in [0.25, 0.3) is 11.8 Å². The van der Waals surface area contributed by atoms with E-state index >= 15 is 4.79 Å². The van der Waals surface area contributed by atoms with Crippen molar-refractivity contribution in [1.29, 1.82) is 0 Å². The molecule has 1 atom stereocenters. The van der Waals surface area contributed by atoms with Crippen molar-refractivity contribution in [2.45, 2.75) is 19.0 Å². The molecule has 1 unspecified atom stereocenters. The number of nitrogens with zero attached hydrogens (tertiary/aromatic N) is 3. The Labute approximate surface area is 269 Å². The van der Waals surface area contributed by atoms with Crippen LogP contribution in [-0.4, -0.2) is 29.4 Å². The van der Waals surface area contributed by atoms with E-state index < -0.39 is 28.8 Å². The normalized spacial score (nSPS) is 16.9. The molecule has 4 heterocycles. The summed E-state index contributed by atoms with van der Waals surface area (Å²) < 4.78 is 11.3. The second-order valence-electron chi connectivity index (χ2n) is 10.4. The molecule has 1 spiro atoms. The molecule has 12 heteroatoms. The number of aromatic nitrogens is 1. The molecule has 45 heavy (non-hydrogen) atoms. The van der Waals surface area contributed by atoms with Gasteiger partial charge < -0.3 is 14.1 Å². The van der Waals surface area contributed by atoms with Gasteiger partial charge in [0.05, 0.1) is 28.9 Å². The molecule has 0 N–H and O–H groups in total. The Balaban J connectivity index is 1.53. The highest BCUT2D eigenvalue weighted by Crippen LogP contribution is 2.55. The topological polar surface area (TPSA) is 110 Å². The number of esters is 1. The van der Waals surface area contributed by atoms with Crippen LogP contribution in [0.3, 0.4) is 0 Å². The number of thiazole rings is 1. The average Bonchev–Trinajstić information content (AvgIpc) is 3.62. The van der Waals surface area contributed by atoms with Crippen LogP contribution in [0.2, 0.25) is 10.0 Å². The van der Waals surface area contributed by atoms with E-state index in [0.717, 1.165) is 11.3 Å². The van der Waals surface area contributed by atoms with E-state index in [-0.39, 0.29) is 56.2 Å². The minimum atomic E-state index is -2.02. The summed E-state index contributed by atoms with van der Waals surface area (Å²) in [5, 5.41) is 0.844. The number of amides is 2. The van der Waals surface area contributed by atoms with Crippen LogP contribution in [0.15, 0.2) is 88.6 Å². The van der Waals surface area contributed by atoms with E-state index in [0.29, 0.717) is 21.8 Å². The summed E-state index contributed by atoms with van der Waals surface area (Å²) >= 11 is 13.7. The van der Waals surface area contributed by atoms with E-state index in [1.807, 2.05) is 0 Å². The highest BCUT2D eigenvalue weighted by molar-refractivity contribution is 7.17. The van der Waals surface area contributed by atoms with Crippen LogP contribution in [0.1, 0.15) is 42.6 Å². The maximum atomic E-state index is 15.1. The molecule has 2 aliphatic heterocycles. The summed E-state index contributed by atoms with van der Waals surface area (Å²) in [7, 11) is 0. The van der Waals surface area contributed by atoms with Crippen molar-refractivity contribution < 1.29 is 23.5 Å². The minimum absolute atomic E-state index is 0.0127. The lowest BCUT2D eigenvalue weighted by Gasteiger charge is -2.32. The van der Waals surface area contributed by atoms with Gasteiger partial charge in [0.2, 0.25) is 5.76 Å².